The van der Waals surface area contributed by atoms with Gasteiger partial charge in [0.05, 0.1) is 37.2 Å². The number of carbonyl (C=O) groups is 3. The molecule has 4 heterocycles. The molecule has 0 bridgehead atoms. The van der Waals surface area contributed by atoms with E-state index in [1.54, 1.807) is 17.3 Å². The average Bonchev–Trinajstić information content (AvgIpc) is 3.35. The summed E-state index contributed by atoms with van der Waals surface area (Å²) in [5.74, 6) is 2.27. The van der Waals surface area contributed by atoms with Crippen LogP contribution in [0.2, 0.25) is 0 Å². The molecular formula is C31H50N6O6. The van der Waals surface area contributed by atoms with E-state index >= 15 is 0 Å². The second kappa shape index (κ2) is 14.4. The van der Waals surface area contributed by atoms with Crippen molar-refractivity contribution in [1.29, 1.82) is 0 Å². The normalized spacial score (nSPS) is 22.5. The Kier molecular flexibility index (Phi) is 10.9. The van der Waals surface area contributed by atoms with E-state index in [2.05, 4.69) is 22.2 Å². The van der Waals surface area contributed by atoms with E-state index in [1.165, 1.54) is 0 Å². The topological polar surface area (TPSA) is 126 Å². The van der Waals surface area contributed by atoms with Gasteiger partial charge >= 0.3 is 12.2 Å². The molecule has 3 saturated heterocycles. The third-order valence-electron chi connectivity index (χ3n) is 8.43. The number of carbonyl (C=O) groups excluding carboxylic acids is 3. The summed E-state index contributed by atoms with van der Waals surface area (Å²) in [5, 5.41) is 2.99. The van der Waals surface area contributed by atoms with Crippen molar-refractivity contribution in [2.75, 3.05) is 44.2 Å². The molecule has 1 aromatic heterocycles. The highest BCUT2D eigenvalue weighted by Crippen LogP contribution is 2.28. The van der Waals surface area contributed by atoms with Gasteiger partial charge in [-0.3, -0.25) is 4.79 Å². The molecule has 3 aliphatic rings. The number of rotatable bonds is 9. The lowest BCUT2D eigenvalue weighted by molar-refractivity contribution is -0.135. The summed E-state index contributed by atoms with van der Waals surface area (Å²) in [6.45, 7) is 15.2. The molecule has 3 fully saturated rings. The summed E-state index contributed by atoms with van der Waals surface area (Å²) in [5.41, 5.74) is -0.615. The zero-order valence-corrected chi connectivity index (χ0v) is 26.7. The molecule has 3 amide bonds. The predicted molar refractivity (Wildman–Crippen MR) is 162 cm³/mol. The lowest BCUT2D eigenvalue weighted by Crippen LogP contribution is -2.54. The van der Waals surface area contributed by atoms with Gasteiger partial charge in [-0.1, -0.05) is 6.92 Å². The Labute approximate surface area is 255 Å². The first-order valence-corrected chi connectivity index (χ1v) is 15.8. The SMILES string of the molecule is CC(C)OC(=O)N1CCC([C@H](C)CCOc2cnc(N3C[C@H](NC(=O)OC(C)(C)C)[C@@H](N4CCCCC4=O)C3)nc2)CC1. The fourth-order valence-electron chi connectivity index (χ4n) is 6.12. The van der Waals surface area contributed by atoms with Crippen molar-refractivity contribution in [3.63, 3.8) is 0 Å². The van der Waals surface area contributed by atoms with Crippen LogP contribution in [0.15, 0.2) is 12.4 Å². The number of ether oxygens (including phenoxy) is 3. The van der Waals surface area contributed by atoms with E-state index in [9.17, 15) is 14.4 Å². The van der Waals surface area contributed by atoms with Gasteiger partial charge in [-0.2, -0.15) is 0 Å². The highest BCUT2D eigenvalue weighted by atomic mass is 16.6. The van der Waals surface area contributed by atoms with Gasteiger partial charge in [-0.05, 0) is 78.6 Å². The van der Waals surface area contributed by atoms with Crippen LogP contribution < -0.4 is 15.0 Å². The van der Waals surface area contributed by atoms with Crippen molar-refractivity contribution in [3.8, 4) is 5.75 Å². The van der Waals surface area contributed by atoms with E-state index in [4.69, 9.17) is 14.2 Å². The molecule has 0 saturated carbocycles. The first kappa shape index (κ1) is 32.6. The quantitative estimate of drug-likeness (QED) is 0.442. The maximum absolute atomic E-state index is 12.7. The average molecular weight is 603 g/mol. The molecule has 240 valence electrons. The fraction of sp³-hybridized carbons (Fsp3) is 0.774. The number of likely N-dealkylation sites (tertiary alicyclic amines) is 2. The van der Waals surface area contributed by atoms with Gasteiger partial charge in [-0.15, -0.1) is 0 Å². The van der Waals surface area contributed by atoms with E-state index < -0.39 is 11.7 Å². The van der Waals surface area contributed by atoms with Crippen molar-refractivity contribution in [2.24, 2.45) is 11.8 Å². The van der Waals surface area contributed by atoms with Gasteiger partial charge in [0.1, 0.15) is 5.60 Å². The van der Waals surface area contributed by atoms with Crippen molar-refractivity contribution in [1.82, 2.24) is 25.1 Å². The van der Waals surface area contributed by atoms with Gasteiger partial charge in [0.25, 0.3) is 0 Å². The molecule has 0 radical (unpaired) electrons. The van der Waals surface area contributed by atoms with Crippen LogP contribution in [0.3, 0.4) is 0 Å². The number of amides is 3. The minimum atomic E-state index is -0.615. The molecule has 1 aromatic rings. The number of hydrogen-bond acceptors (Lipinski definition) is 9. The Morgan fingerprint density at radius 3 is 2.37 bits per heavy atom. The van der Waals surface area contributed by atoms with Crippen LogP contribution in [0.4, 0.5) is 15.5 Å². The largest absolute Gasteiger partial charge is 0.490 e. The van der Waals surface area contributed by atoms with Crippen LogP contribution in [0.5, 0.6) is 5.75 Å². The highest BCUT2D eigenvalue weighted by molar-refractivity contribution is 5.78. The first-order chi connectivity index (χ1) is 20.4. The third-order valence-corrected chi connectivity index (χ3v) is 8.43. The summed E-state index contributed by atoms with van der Waals surface area (Å²) in [7, 11) is 0. The second-order valence-corrected chi connectivity index (χ2v) is 13.4. The Balaban J connectivity index is 1.27. The standard InChI is InChI=1S/C31H50N6O6/c1-21(2)42-30(40)35-14-10-23(11-15-35)22(3)12-16-41-24-17-32-28(33-18-24)36-19-25(34-29(39)43-31(4,5)6)26(20-36)37-13-8-7-9-27(37)38/h17-18,21-23,25-26H,7-16,19-20H2,1-6H3,(H,34,39)/t22-,25+,26+/m1/s1. The van der Waals surface area contributed by atoms with Crippen molar-refractivity contribution in [2.45, 2.75) is 104 Å². The summed E-state index contributed by atoms with van der Waals surface area (Å²) in [6.07, 6.45) is 7.77. The molecule has 12 heteroatoms. The number of anilines is 1. The second-order valence-electron chi connectivity index (χ2n) is 13.4. The van der Waals surface area contributed by atoms with Gasteiger partial charge in [0, 0.05) is 39.1 Å². The zero-order valence-electron chi connectivity index (χ0n) is 26.7. The van der Waals surface area contributed by atoms with E-state index in [-0.39, 0.29) is 30.2 Å². The molecule has 4 rings (SSSR count). The molecule has 0 spiro atoms. The number of nitrogens with zero attached hydrogens (tertiary/aromatic N) is 5. The lowest BCUT2D eigenvalue weighted by Gasteiger charge is -2.35. The first-order valence-electron chi connectivity index (χ1n) is 15.8. The maximum atomic E-state index is 12.7. The van der Waals surface area contributed by atoms with Crippen LogP contribution in [-0.2, 0) is 14.3 Å². The predicted octanol–water partition coefficient (Wildman–Crippen LogP) is 4.23. The Hall–Kier alpha value is -3.31. The van der Waals surface area contributed by atoms with E-state index in [0.717, 1.165) is 45.2 Å². The van der Waals surface area contributed by atoms with Gasteiger partial charge in [-0.25, -0.2) is 19.6 Å². The zero-order chi connectivity index (χ0) is 31.1. The van der Waals surface area contributed by atoms with Crippen LogP contribution >= 0.6 is 0 Å². The van der Waals surface area contributed by atoms with Crippen molar-refractivity contribution in [3.05, 3.63) is 12.4 Å². The summed E-state index contributed by atoms with van der Waals surface area (Å²) in [6, 6.07) is -0.486. The third kappa shape index (κ3) is 9.34. The van der Waals surface area contributed by atoms with Crippen LogP contribution in [-0.4, -0.2) is 101 Å². The molecule has 3 aliphatic heterocycles. The monoisotopic (exact) mass is 602 g/mol. The van der Waals surface area contributed by atoms with E-state index in [0.29, 0.717) is 56.2 Å². The van der Waals surface area contributed by atoms with Crippen LogP contribution in [0.25, 0.3) is 0 Å². The highest BCUT2D eigenvalue weighted by Gasteiger charge is 2.41. The van der Waals surface area contributed by atoms with Gasteiger partial charge in [0.2, 0.25) is 11.9 Å². The Morgan fingerprint density at radius 1 is 1.05 bits per heavy atom. The summed E-state index contributed by atoms with van der Waals surface area (Å²) >= 11 is 0. The maximum Gasteiger partial charge on any atom is 0.410 e. The molecule has 3 atom stereocenters. The lowest BCUT2D eigenvalue weighted by atomic mass is 9.84. The number of nitrogens with one attached hydrogen (secondary N) is 1. The smallest absolute Gasteiger partial charge is 0.410 e. The molecule has 0 aliphatic carbocycles. The fourth-order valence-corrected chi connectivity index (χ4v) is 6.12. The number of hydrogen-bond donors (Lipinski definition) is 1. The van der Waals surface area contributed by atoms with Crippen molar-refractivity contribution >= 4 is 24.0 Å². The molecule has 1 N–H and O–H groups in total. The van der Waals surface area contributed by atoms with E-state index in [1.807, 2.05) is 44.4 Å². The Bertz CT molecular complexity index is 1090. The summed E-state index contributed by atoms with van der Waals surface area (Å²) in [4.78, 5) is 52.3. The molecule has 12 nitrogen and oxygen atoms in total. The Morgan fingerprint density at radius 2 is 1.74 bits per heavy atom. The van der Waals surface area contributed by atoms with Crippen LogP contribution in [0, 0.1) is 11.8 Å². The minimum Gasteiger partial charge on any atom is -0.490 e. The van der Waals surface area contributed by atoms with Crippen molar-refractivity contribution < 1.29 is 28.6 Å². The summed E-state index contributed by atoms with van der Waals surface area (Å²) < 4.78 is 16.8. The number of aromatic nitrogens is 2. The molecule has 0 unspecified atom stereocenters. The van der Waals surface area contributed by atoms with Gasteiger partial charge < -0.3 is 34.2 Å². The number of alkyl carbamates (subject to hydrolysis) is 1. The number of piperidine rings is 2. The minimum absolute atomic E-state index is 0.102. The molecule has 43 heavy (non-hydrogen) atoms. The van der Waals surface area contributed by atoms with Gasteiger partial charge in [0.15, 0.2) is 5.75 Å². The molecule has 0 aromatic carbocycles. The van der Waals surface area contributed by atoms with Crippen LogP contribution in [0.1, 0.15) is 80.1 Å². The molecular weight excluding hydrogens is 552 g/mol.